The minimum Gasteiger partial charge on any atom is -0.493 e. The van der Waals surface area contributed by atoms with Crippen LogP contribution in [-0.4, -0.2) is 23.6 Å². The van der Waals surface area contributed by atoms with Crippen LogP contribution in [0.4, 0.5) is 0 Å². The van der Waals surface area contributed by atoms with E-state index in [1.165, 1.54) is 35.4 Å². The number of nitrogens with zero attached hydrogens (tertiary/aromatic N) is 2. The molecule has 1 aromatic heterocycles. The highest BCUT2D eigenvalue weighted by Gasteiger charge is 2.51. The van der Waals surface area contributed by atoms with E-state index in [1.54, 1.807) is 18.4 Å². The summed E-state index contributed by atoms with van der Waals surface area (Å²) in [5, 5.41) is 9.48. The summed E-state index contributed by atoms with van der Waals surface area (Å²) >= 11 is 1.77. The van der Waals surface area contributed by atoms with Gasteiger partial charge in [-0.05, 0) is 30.4 Å². The normalized spacial score (nSPS) is 23.6. The summed E-state index contributed by atoms with van der Waals surface area (Å²) in [5.41, 5.74) is 2.07. The van der Waals surface area contributed by atoms with Crippen LogP contribution in [0.15, 0.2) is 40.8 Å². The zero-order chi connectivity index (χ0) is 16.9. The van der Waals surface area contributed by atoms with Gasteiger partial charge < -0.3 is 9.47 Å². The Morgan fingerprint density at radius 1 is 1.20 bits per heavy atom. The monoisotopic (exact) mass is 354 g/mol. The fraction of sp³-hybridized carbons (Fsp3) is 0.450. The molecule has 4 nitrogen and oxygen atoms in total. The first-order valence-corrected chi connectivity index (χ1v) is 9.95. The second kappa shape index (κ2) is 5.77. The van der Waals surface area contributed by atoms with Crippen LogP contribution in [0.3, 0.4) is 0 Å². The van der Waals surface area contributed by atoms with E-state index in [1.807, 2.05) is 6.07 Å². The van der Waals surface area contributed by atoms with Gasteiger partial charge in [0.05, 0.1) is 23.7 Å². The first-order valence-electron chi connectivity index (χ1n) is 9.07. The molecular weight excluding hydrogens is 332 g/mol. The Kier molecular flexibility index (Phi) is 3.52. The van der Waals surface area contributed by atoms with E-state index in [-0.39, 0.29) is 11.8 Å². The summed E-state index contributed by atoms with van der Waals surface area (Å²) in [6, 6.07) is 10.7. The smallest absolute Gasteiger partial charge is 0.198 e. The van der Waals surface area contributed by atoms with Crippen molar-refractivity contribution >= 4 is 17.0 Å². The Labute approximate surface area is 152 Å². The molecule has 0 amide bonds. The molecule has 3 aliphatic rings. The van der Waals surface area contributed by atoms with Crippen LogP contribution in [0.2, 0.25) is 0 Å². The molecule has 1 aromatic carbocycles. The van der Waals surface area contributed by atoms with Crippen LogP contribution in [0.5, 0.6) is 11.5 Å². The molecule has 130 valence electrons. The van der Waals surface area contributed by atoms with E-state index in [2.05, 4.69) is 34.7 Å². The van der Waals surface area contributed by atoms with Crippen molar-refractivity contribution in [2.75, 3.05) is 7.11 Å². The standard InChI is InChI=1S/C20H22N2O2S/c1-23-17-8-5-7-14-16-13-15(18-9-6-12-25-18)21-22(16)20(24-19(14)17)10-3-2-4-11-20/h5-9,12,16H,2-4,10-11,13H2,1H3/t16-/m0/s1. The van der Waals surface area contributed by atoms with Gasteiger partial charge in [-0.2, -0.15) is 5.10 Å². The van der Waals surface area contributed by atoms with Crippen molar-refractivity contribution in [2.45, 2.75) is 50.3 Å². The van der Waals surface area contributed by atoms with Crippen molar-refractivity contribution in [1.29, 1.82) is 0 Å². The first-order chi connectivity index (χ1) is 12.3. The highest BCUT2D eigenvalue weighted by atomic mass is 32.1. The summed E-state index contributed by atoms with van der Waals surface area (Å²) in [5.74, 6) is 1.77. The molecule has 1 fully saturated rings. The average Bonchev–Trinajstić information content (AvgIpc) is 3.32. The second-order valence-corrected chi connectivity index (χ2v) is 8.02. The molecule has 25 heavy (non-hydrogen) atoms. The largest absolute Gasteiger partial charge is 0.493 e. The number of ether oxygens (including phenoxy) is 2. The lowest BCUT2D eigenvalue weighted by molar-refractivity contribution is -0.141. The molecule has 1 saturated carbocycles. The Morgan fingerprint density at radius 2 is 2.08 bits per heavy atom. The number of hydrazone groups is 1. The van der Waals surface area contributed by atoms with Gasteiger partial charge in [0.1, 0.15) is 0 Å². The SMILES string of the molecule is COc1cccc2c1OC1(CCCCC1)N1N=C(c3cccs3)C[C@@H]21. The highest BCUT2D eigenvalue weighted by Crippen LogP contribution is 2.53. The molecule has 0 bridgehead atoms. The third-order valence-electron chi connectivity index (χ3n) is 5.65. The van der Waals surface area contributed by atoms with Crippen LogP contribution in [0.25, 0.3) is 0 Å². The third-order valence-corrected chi connectivity index (χ3v) is 6.57. The van der Waals surface area contributed by atoms with Crippen LogP contribution in [-0.2, 0) is 0 Å². The van der Waals surface area contributed by atoms with Gasteiger partial charge in [-0.1, -0.05) is 24.6 Å². The molecule has 0 N–H and O–H groups in total. The number of fused-ring (bicyclic) bond motifs is 4. The molecule has 5 rings (SSSR count). The lowest BCUT2D eigenvalue weighted by atomic mass is 9.87. The van der Waals surface area contributed by atoms with Gasteiger partial charge in [0, 0.05) is 24.8 Å². The van der Waals surface area contributed by atoms with Crippen molar-refractivity contribution in [3.63, 3.8) is 0 Å². The Morgan fingerprint density at radius 3 is 2.84 bits per heavy atom. The number of methoxy groups -OCH3 is 1. The number of rotatable bonds is 2. The predicted molar refractivity (Wildman–Crippen MR) is 99.5 cm³/mol. The summed E-state index contributed by atoms with van der Waals surface area (Å²) in [6.45, 7) is 0. The van der Waals surface area contributed by atoms with Gasteiger partial charge in [-0.25, -0.2) is 5.01 Å². The molecule has 2 aromatic rings. The van der Waals surface area contributed by atoms with Gasteiger partial charge in [0.2, 0.25) is 0 Å². The summed E-state index contributed by atoms with van der Waals surface area (Å²) in [4.78, 5) is 1.27. The topological polar surface area (TPSA) is 34.1 Å². The fourth-order valence-corrected chi connectivity index (χ4v) is 5.18. The number of benzene rings is 1. The van der Waals surface area contributed by atoms with Crippen LogP contribution in [0.1, 0.15) is 55.0 Å². The Hall–Kier alpha value is -2.01. The third kappa shape index (κ3) is 2.29. The molecule has 1 aliphatic carbocycles. The van der Waals surface area contributed by atoms with Crippen molar-refractivity contribution in [2.24, 2.45) is 5.10 Å². The van der Waals surface area contributed by atoms with E-state index in [0.717, 1.165) is 30.8 Å². The van der Waals surface area contributed by atoms with Gasteiger partial charge in [0.15, 0.2) is 17.2 Å². The summed E-state index contributed by atoms with van der Waals surface area (Å²) < 4.78 is 12.3. The van der Waals surface area contributed by atoms with E-state index in [9.17, 15) is 0 Å². The van der Waals surface area contributed by atoms with Crippen LogP contribution >= 0.6 is 11.3 Å². The molecule has 1 spiro atoms. The summed E-state index contributed by atoms with van der Waals surface area (Å²) in [6.07, 6.45) is 6.66. The maximum absolute atomic E-state index is 6.66. The zero-order valence-corrected chi connectivity index (χ0v) is 15.2. The fourth-order valence-electron chi connectivity index (χ4n) is 4.46. The Bertz CT molecular complexity index is 809. The number of para-hydroxylation sites is 1. The molecule has 5 heteroatoms. The van der Waals surface area contributed by atoms with E-state index >= 15 is 0 Å². The molecule has 0 saturated heterocycles. The van der Waals surface area contributed by atoms with E-state index in [0.29, 0.717) is 0 Å². The lowest BCUT2D eigenvalue weighted by Gasteiger charge is -2.49. The highest BCUT2D eigenvalue weighted by molar-refractivity contribution is 7.12. The van der Waals surface area contributed by atoms with E-state index in [4.69, 9.17) is 14.6 Å². The van der Waals surface area contributed by atoms with Crippen molar-refractivity contribution < 1.29 is 9.47 Å². The van der Waals surface area contributed by atoms with E-state index < -0.39 is 0 Å². The molecule has 1 atom stereocenters. The van der Waals surface area contributed by atoms with Crippen molar-refractivity contribution in [3.05, 3.63) is 46.2 Å². The number of hydrogen-bond donors (Lipinski definition) is 0. The molecule has 0 unspecified atom stereocenters. The zero-order valence-electron chi connectivity index (χ0n) is 14.4. The first kappa shape index (κ1) is 15.3. The number of hydrogen-bond acceptors (Lipinski definition) is 5. The molecule has 2 aliphatic heterocycles. The van der Waals surface area contributed by atoms with Gasteiger partial charge >= 0.3 is 0 Å². The molecular formula is C20H22N2O2S. The lowest BCUT2D eigenvalue weighted by Crippen LogP contribution is -2.54. The molecule has 0 radical (unpaired) electrons. The van der Waals surface area contributed by atoms with Crippen molar-refractivity contribution in [1.82, 2.24) is 5.01 Å². The second-order valence-electron chi connectivity index (χ2n) is 7.08. The number of thiophene rings is 1. The quantitative estimate of drug-likeness (QED) is 0.764. The van der Waals surface area contributed by atoms with Gasteiger partial charge in [-0.15, -0.1) is 11.3 Å². The van der Waals surface area contributed by atoms with Crippen LogP contribution in [0, 0.1) is 0 Å². The van der Waals surface area contributed by atoms with Gasteiger partial charge in [0.25, 0.3) is 0 Å². The Balaban J connectivity index is 1.63. The molecule has 3 heterocycles. The van der Waals surface area contributed by atoms with Crippen molar-refractivity contribution in [3.8, 4) is 11.5 Å². The maximum Gasteiger partial charge on any atom is 0.198 e. The maximum atomic E-state index is 6.66. The summed E-state index contributed by atoms with van der Waals surface area (Å²) in [7, 11) is 1.72. The average molecular weight is 354 g/mol. The van der Waals surface area contributed by atoms with Crippen LogP contribution < -0.4 is 9.47 Å². The predicted octanol–water partition coefficient (Wildman–Crippen LogP) is 4.96. The minimum absolute atomic E-state index is 0.244. The van der Waals surface area contributed by atoms with Gasteiger partial charge in [-0.3, -0.25) is 0 Å². The minimum atomic E-state index is -0.316.